The van der Waals surface area contributed by atoms with Crippen molar-refractivity contribution in [2.45, 2.75) is 46.0 Å². The lowest BCUT2D eigenvalue weighted by Crippen LogP contribution is -2.23. The van der Waals surface area contributed by atoms with Crippen molar-refractivity contribution in [3.63, 3.8) is 0 Å². The Morgan fingerprint density at radius 1 is 1.14 bits per heavy atom. The van der Waals surface area contributed by atoms with Crippen molar-refractivity contribution >= 4 is 22.4 Å². The maximum absolute atomic E-state index is 6.07. The number of hydrogen-bond donors (Lipinski definition) is 2. The van der Waals surface area contributed by atoms with E-state index in [1.54, 1.807) is 0 Å². The molecule has 1 aliphatic rings. The topological polar surface area (TPSA) is 77.8 Å². The van der Waals surface area contributed by atoms with E-state index in [9.17, 15) is 0 Å². The molecule has 0 spiro atoms. The minimum absolute atomic E-state index is 0.490. The Kier molecular flexibility index (Phi) is 3.47. The standard InChI is InChI=1S/C17H24N4/c1-17(2)8-6-11(7-9-17)10-14-20-15-12(16(19)21-14)4-3-5-13(15)18/h3-5,11H,6-10,18H2,1-2H3,(H2,19,20,21). The van der Waals surface area contributed by atoms with E-state index in [1.807, 2.05) is 18.2 Å². The van der Waals surface area contributed by atoms with Crippen molar-refractivity contribution < 1.29 is 0 Å². The van der Waals surface area contributed by atoms with Gasteiger partial charge in [0.1, 0.15) is 11.6 Å². The fourth-order valence-corrected chi connectivity index (χ4v) is 3.26. The van der Waals surface area contributed by atoms with E-state index in [0.717, 1.165) is 23.1 Å². The summed E-state index contributed by atoms with van der Waals surface area (Å²) < 4.78 is 0. The molecular formula is C17H24N4. The fourth-order valence-electron chi connectivity index (χ4n) is 3.26. The van der Waals surface area contributed by atoms with Crippen LogP contribution in [-0.2, 0) is 6.42 Å². The normalized spacial score (nSPS) is 19.0. The number of nitrogens with two attached hydrogens (primary N) is 2. The maximum atomic E-state index is 6.07. The Morgan fingerprint density at radius 3 is 2.57 bits per heavy atom. The number of anilines is 2. The molecule has 1 aromatic heterocycles. The number of nitrogen functional groups attached to an aromatic ring is 2. The lowest BCUT2D eigenvalue weighted by atomic mass is 9.72. The van der Waals surface area contributed by atoms with E-state index in [1.165, 1.54) is 25.7 Å². The molecule has 21 heavy (non-hydrogen) atoms. The third-order valence-corrected chi connectivity index (χ3v) is 4.76. The van der Waals surface area contributed by atoms with E-state index in [4.69, 9.17) is 11.5 Å². The van der Waals surface area contributed by atoms with Crippen molar-refractivity contribution in [3.05, 3.63) is 24.0 Å². The summed E-state index contributed by atoms with van der Waals surface area (Å²) in [6, 6.07) is 5.68. The minimum atomic E-state index is 0.490. The molecule has 0 aliphatic heterocycles. The molecule has 1 heterocycles. The molecule has 0 bridgehead atoms. The van der Waals surface area contributed by atoms with E-state index >= 15 is 0 Å². The molecule has 0 saturated heterocycles. The van der Waals surface area contributed by atoms with Crippen LogP contribution in [0.15, 0.2) is 18.2 Å². The summed E-state index contributed by atoms with van der Waals surface area (Å²) in [6.45, 7) is 4.71. The van der Waals surface area contributed by atoms with Gasteiger partial charge in [-0.05, 0) is 49.1 Å². The van der Waals surface area contributed by atoms with Crippen LogP contribution in [0, 0.1) is 11.3 Å². The Morgan fingerprint density at radius 2 is 1.86 bits per heavy atom. The quantitative estimate of drug-likeness (QED) is 0.827. The third kappa shape index (κ3) is 2.94. The van der Waals surface area contributed by atoms with Gasteiger partial charge in [-0.3, -0.25) is 0 Å². The summed E-state index contributed by atoms with van der Waals surface area (Å²) in [5.41, 5.74) is 14.0. The zero-order valence-corrected chi connectivity index (χ0v) is 12.9. The monoisotopic (exact) mass is 284 g/mol. The van der Waals surface area contributed by atoms with Gasteiger partial charge in [0.2, 0.25) is 0 Å². The number of rotatable bonds is 2. The number of aromatic nitrogens is 2. The highest BCUT2D eigenvalue weighted by Crippen LogP contribution is 2.39. The lowest BCUT2D eigenvalue weighted by Gasteiger charge is -2.34. The molecule has 3 rings (SSSR count). The van der Waals surface area contributed by atoms with Crippen LogP contribution in [0.3, 0.4) is 0 Å². The van der Waals surface area contributed by atoms with Gasteiger partial charge in [0.05, 0.1) is 11.2 Å². The van der Waals surface area contributed by atoms with Crippen LogP contribution in [-0.4, -0.2) is 9.97 Å². The van der Waals surface area contributed by atoms with Crippen LogP contribution in [0.2, 0.25) is 0 Å². The average molecular weight is 284 g/mol. The molecule has 1 aromatic carbocycles. The van der Waals surface area contributed by atoms with Gasteiger partial charge in [-0.2, -0.15) is 0 Å². The van der Waals surface area contributed by atoms with Gasteiger partial charge in [-0.15, -0.1) is 0 Å². The van der Waals surface area contributed by atoms with Crippen molar-refractivity contribution in [3.8, 4) is 0 Å². The summed E-state index contributed by atoms with van der Waals surface area (Å²) in [4.78, 5) is 9.13. The van der Waals surface area contributed by atoms with Crippen LogP contribution in [0.5, 0.6) is 0 Å². The van der Waals surface area contributed by atoms with Gasteiger partial charge in [-0.25, -0.2) is 9.97 Å². The second-order valence-electron chi connectivity index (χ2n) is 7.08. The Bertz CT molecular complexity index is 653. The number of para-hydroxylation sites is 1. The largest absolute Gasteiger partial charge is 0.397 e. The van der Waals surface area contributed by atoms with Crippen LogP contribution in [0.1, 0.15) is 45.4 Å². The molecule has 2 aromatic rings. The first-order chi connectivity index (χ1) is 9.94. The van der Waals surface area contributed by atoms with Crippen molar-refractivity contribution in [2.75, 3.05) is 11.5 Å². The van der Waals surface area contributed by atoms with Gasteiger partial charge in [0.15, 0.2) is 0 Å². The van der Waals surface area contributed by atoms with Crippen LogP contribution >= 0.6 is 0 Å². The SMILES string of the molecule is CC1(C)CCC(Cc2nc(N)c3cccc(N)c3n2)CC1. The zero-order chi connectivity index (χ0) is 15.0. The Labute approximate surface area is 126 Å². The summed E-state index contributed by atoms with van der Waals surface area (Å²) >= 11 is 0. The zero-order valence-electron chi connectivity index (χ0n) is 12.9. The molecule has 0 atom stereocenters. The van der Waals surface area contributed by atoms with E-state index < -0.39 is 0 Å². The molecule has 0 amide bonds. The predicted molar refractivity (Wildman–Crippen MR) is 87.8 cm³/mol. The smallest absolute Gasteiger partial charge is 0.135 e. The molecule has 0 unspecified atom stereocenters. The number of fused-ring (bicyclic) bond motifs is 1. The summed E-state index contributed by atoms with van der Waals surface area (Å²) in [7, 11) is 0. The van der Waals surface area contributed by atoms with Crippen molar-refractivity contribution in [2.24, 2.45) is 11.3 Å². The minimum Gasteiger partial charge on any atom is -0.397 e. The molecule has 1 fully saturated rings. The molecule has 1 saturated carbocycles. The molecule has 4 nitrogen and oxygen atoms in total. The molecular weight excluding hydrogens is 260 g/mol. The number of hydrogen-bond acceptors (Lipinski definition) is 4. The second kappa shape index (κ2) is 5.17. The van der Waals surface area contributed by atoms with Crippen LogP contribution in [0.4, 0.5) is 11.5 Å². The van der Waals surface area contributed by atoms with Gasteiger partial charge in [0.25, 0.3) is 0 Å². The first-order valence-corrected chi connectivity index (χ1v) is 7.75. The molecule has 4 heteroatoms. The molecule has 1 aliphatic carbocycles. The molecule has 0 radical (unpaired) electrons. The predicted octanol–water partition coefficient (Wildman–Crippen LogP) is 3.55. The van der Waals surface area contributed by atoms with Gasteiger partial charge < -0.3 is 11.5 Å². The Balaban J connectivity index is 1.83. The first-order valence-electron chi connectivity index (χ1n) is 7.75. The third-order valence-electron chi connectivity index (χ3n) is 4.76. The van der Waals surface area contributed by atoms with Crippen molar-refractivity contribution in [1.82, 2.24) is 9.97 Å². The average Bonchev–Trinajstić information content (AvgIpc) is 2.43. The highest BCUT2D eigenvalue weighted by Gasteiger charge is 2.27. The lowest BCUT2D eigenvalue weighted by molar-refractivity contribution is 0.189. The summed E-state index contributed by atoms with van der Waals surface area (Å²) in [5, 5.41) is 0.850. The molecule has 112 valence electrons. The van der Waals surface area contributed by atoms with Crippen LogP contribution in [0.25, 0.3) is 10.9 Å². The fraction of sp³-hybridized carbons (Fsp3) is 0.529. The summed E-state index contributed by atoms with van der Waals surface area (Å²) in [5.74, 6) is 2.04. The first kappa shape index (κ1) is 14.1. The van der Waals surface area contributed by atoms with Gasteiger partial charge >= 0.3 is 0 Å². The van der Waals surface area contributed by atoms with Crippen molar-refractivity contribution in [1.29, 1.82) is 0 Å². The highest BCUT2D eigenvalue weighted by molar-refractivity contribution is 5.95. The number of benzene rings is 1. The van der Waals surface area contributed by atoms with E-state index in [-0.39, 0.29) is 0 Å². The maximum Gasteiger partial charge on any atom is 0.135 e. The highest BCUT2D eigenvalue weighted by atomic mass is 15.0. The van der Waals surface area contributed by atoms with Crippen LogP contribution < -0.4 is 11.5 Å². The summed E-state index contributed by atoms with van der Waals surface area (Å²) in [6.07, 6.45) is 5.97. The number of nitrogens with zero attached hydrogens (tertiary/aromatic N) is 2. The van der Waals surface area contributed by atoms with E-state index in [0.29, 0.717) is 22.8 Å². The Hall–Kier alpha value is -1.84. The second-order valence-corrected chi connectivity index (χ2v) is 7.08. The van der Waals surface area contributed by atoms with Gasteiger partial charge in [0, 0.05) is 11.8 Å². The van der Waals surface area contributed by atoms with Gasteiger partial charge in [-0.1, -0.05) is 19.9 Å². The van der Waals surface area contributed by atoms with E-state index in [2.05, 4.69) is 23.8 Å². The molecule has 4 N–H and O–H groups in total.